The van der Waals surface area contributed by atoms with Crippen molar-refractivity contribution in [2.75, 3.05) is 13.1 Å². The van der Waals surface area contributed by atoms with Gasteiger partial charge < -0.3 is 15.0 Å². The molecular weight excluding hydrogens is 264 g/mol. The van der Waals surface area contributed by atoms with Crippen molar-refractivity contribution >= 4 is 6.09 Å². The van der Waals surface area contributed by atoms with E-state index in [1.54, 1.807) is 4.90 Å². The average Bonchev–Trinajstić information content (AvgIpc) is 2.77. The maximum atomic E-state index is 12.1. The molecule has 1 heterocycles. The molecule has 1 aromatic carbocycles. The van der Waals surface area contributed by atoms with Crippen molar-refractivity contribution in [2.45, 2.75) is 45.9 Å². The van der Waals surface area contributed by atoms with Gasteiger partial charge in [0.15, 0.2) is 0 Å². The van der Waals surface area contributed by atoms with Crippen LogP contribution in [0.15, 0.2) is 30.3 Å². The largest absolute Gasteiger partial charge is 0.444 e. The highest BCUT2D eigenvalue weighted by Crippen LogP contribution is 2.20. The molecule has 0 aliphatic carbocycles. The van der Waals surface area contributed by atoms with Gasteiger partial charge in [0.25, 0.3) is 0 Å². The molecule has 21 heavy (non-hydrogen) atoms. The Kier molecular flexibility index (Phi) is 4.88. The number of amides is 1. The zero-order chi connectivity index (χ0) is 15.5. The number of nitrogens with one attached hydrogen (secondary N) is 1. The lowest BCUT2D eigenvalue weighted by atomic mass is 10.1. The number of hydrogen-bond donors (Lipinski definition) is 1. The molecule has 0 saturated carbocycles. The van der Waals surface area contributed by atoms with E-state index >= 15 is 0 Å². The summed E-state index contributed by atoms with van der Waals surface area (Å²) in [5, 5.41) is 3.55. The van der Waals surface area contributed by atoms with Crippen LogP contribution in [0.25, 0.3) is 0 Å². The third-order valence-corrected chi connectivity index (χ3v) is 3.68. The molecule has 1 aliphatic rings. The normalized spacial score (nSPS) is 22.4. The Balaban J connectivity index is 1.85. The smallest absolute Gasteiger partial charge is 0.410 e. The summed E-state index contributed by atoms with van der Waals surface area (Å²) in [7, 11) is 0. The van der Waals surface area contributed by atoms with Gasteiger partial charge in [-0.05, 0) is 32.3 Å². The summed E-state index contributed by atoms with van der Waals surface area (Å²) < 4.78 is 5.44. The number of ether oxygens (including phenoxy) is 1. The molecule has 4 nitrogen and oxygen atoms in total. The number of nitrogens with zero attached hydrogens (tertiary/aromatic N) is 1. The highest BCUT2D eigenvalue weighted by atomic mass is 16.6. The molecule has 1 aromatic rings. The van der Waals surface area contributed by atoms with Crippen LogP contribution in [-0.2, 0) is 11.3 Å². The molecule has 2 rings (SSSR count). The summed E-state index contributed by atoms with van der Waals surface area (Å²) in [4.78, 5) is 13.9. The van der Waals surface area contributed by atoms with Crippen molar-refractivity contribution in [3.05, 3.63) is 35.9 Å². The maximum Gasteiger partial charge on any atom is 0.410 e. The average molecular weight is 290 g/mol. The lowest BCUT2D eigenvalue weighted by Gasteiger charge is -2.24. The summed E-state index contributed by atoms with van der Waals surface area (Å²) in [6.07, 6.45) is -0.210. The van der Waals surface area contributed by atoms with E-state index in [1.807, 2.05) is 39.0 Å². The Hall–Kier alpha value is -1.55. The van der Waals surface area contributed by atoms with E-state index in [9.17, 15) is 4.79 Å². The van der Waals surface area contributed by atoms with Gasteiger partial charge in [0.1, 0.15) is 5.60 Å². The first-order valence-electron chi connectivity index (χ1n) is 7.60. The molecular formula is C17H26N2O2. The Morgan fingerprint density at radius 1 is 1.29 bits per heavy atom. The number of carbonyl (C=O) groups excluding carboxylic acids is 1. The zero-order valence-electron chi connectivity index (χ0n) is 13.4. The van der Waals surface area contributed by atoms with Crippen LogP contribution in [0.3, 0.4) is 0 Å². The zero-order valence-corrected chi connectivity index (χ0v) is 13.4. The van der Waals surface area contributed by atoms with Crippen molar-refractivity contribution < 1.29 is 9.53 Å². The van der Waals surface area contributed by atoms with Gasteiger partial charge in [-0.2, -0.15) is 0 Å². The quantitative estimate of drug-likeness (QED) is 0.930. The van der Waals surface area contributed by atoms with Crippen molar-refractivity contribution in [2.24, 2.45) is 5.92 Å². The van der Waals surface area contributed by atoms with Gasteiger partial charge in [-0.25, -0.2) is 4.79 Å². The predicted molar refractivity (Wildman–Crippen MR) is 84.0 cm³/mol. The Morgan fingerprint density at radius 2 is 1.95 bits per heavy atom. The molecule has 1 fully saturated rings. The molecule has 116 valence electrons. The lowest BCUT2D eigenvalue weighted by molar-refractivity contribution is 0.0286. The molecule has 1 aliphatic heterocycles. The van der Waals surface area contributed by atoms with E-state index in [-0.39, 0.29) is 6.09 Å². The topological polar surface area (TPSA) is 41.6 Å². The summed E-state index contributed by atoms with van der Waals surface area (Å²) in [5.41, 5.74) is 0.830. The van der Waals surface area contributed by atoms with E-state index < -0.39 is 5.60 Å². The SMILES string of the molecule is CC1CN(C(=O)OC(C)(C)C)C[C@@H]1NCc1ccccc1. The minimum atomic E-state index is -0.435. The van der Waals surface area contributed by atoms with Crippen molar-refractivity contribution in [1.82, 2.24) is 10.2 Å². The number of hydrogen-bond acceptors (Lipinski definition) is 3. The van der Waals surface area contributed by atoms with Gasteiger partial charge in [-0.15, -0.1) is 0 Å². The third-order valence-electron chi connectivity index (χ3n) is 3.68. The van der Waals surface area contributed by atoms with Crippen LogP contribution < -0.4 is 5.32 Å². The number of likely N-dealkylation sites (tertiary alicyclic amines) is 1. The van der Waals surface area contributed by atoms with E-state index in [2.05, 4.69) is 24.4 Å². The minimum Gasteiger partial charge on any atom is -0.444 e. The fourth-order valence-electron chi connectivity index (χ4n) is 2.55. The monoisotopic (exact) mass is 290 g/mol. The molecule has 0 radical (unpaired) electrons. The summed E-state index contributed by atoms with van der Waals surface area (Å²) in [5.74, 6) is 0.432. The van der Waals surface area contributed by atoms with Crippen molar-refractivity contribution in [3.63, 3.8) is 0 Å². The molecule has 0 spiro atoms. The maximum absolute atomic E-state index is 12.1. The fraction of sp³-hybridized carbons (Fsp3) is 0.588. The second-order valence-electron chi connectivity index (χ2n) is 6.84. The first kappa shape index (κ1) is 15.8. The third kappa shape index (κ3) is 4.74. The van der Waals surface area contributed by atoms with Gasteiger partial charge in [-0.3, -0.25) is 0 Å². The van der Waals surface area contributed by atoms with E-state index in [1.165, 1.54) is 5.56 Å². The van der Waals surface area contributed by atoms with Crippen LogP contribution in [0.1, 0.15) is 33.3 Å². The molecule has 1 amide bonds. The molecule has 1 N–H and O–H groups in total. The Labute approximate surface area is 127 Å². The number of benzene rings is 1. The van der Waals surface area contributed by atoms with Crippen LogP contribution in [0, 0.1) is 5.92 Å². The van der Waals surface area contributed by atoms with Gasteiger partial charge in [-0.1, -0.05) is 37.3 Å². The predicted octanol–water partition coefficient (Wildman–Crippen LogP) is 3.03. The van der Waals surface area contributed by atoms with Crippen LogP contribution in [0.2, 0.25) is 0 Å². The molecule has 0 bridgehead atoms. The van der Waals surface area contributed by atoms with E-state index in [4.69, 9.17) is 4.74 Å². The van der Waals surface area contributed by atoms with Crippen LogP contribution >= 0.6 is 0 Å². The summed E-state index contributed by atoms with van der Waals surface area (Å²) in [6, 6.07) is 10.6. The van der Waals surface area contributed by atoms with Crippen molar-refractivity contribution in [3.8, 4) is 0 Å². The molecule has 4 heteroatoms. The van der Waals surface area contributed by atoms with E-state index in [0.717, 1.165) is 13.1 Å². The van der Waals surface area contributed by atoms with Gasteiger partial charge in [0.05, 0.1) is 0 Å². The fourth-order valence-corrected chi connectivity index (χ4v) is 2.55. The highest BCUT2D eigenvalue weighted by molar-refractivity contribution is 5.68. The number of carbonyl (C=O) groups is 1. The Bertz CT molecular complexity index is 467. The van der Waals surface area contributed by atoms with Crippen LogP contribution in [-0.4, -0.2) is 35.7 Å². The molecule has 1 unspecified atom stereocenters. The second-order valence-corrected chi connectivity index (χ2v) is 6.84. The molecule has 2 atom stereocenters. The van der Waals surface area contributed by atoms with Gasteiger partial charge in [0.2, 0.25) is 0 Å². The Morgan fingerprint density at radius 3 is 2.57 bits per heavy atom. The van der Waals surface area contributed by atoms with Gasteiger partial charge >= 0.3 is 6.09 Å². The standard InChI is InChI=1S/C17H26N2O2/c1-13-11-19(16(20)21-17(2,3)4)12-15(13)18-10-14-8-6-5-7-9-14/h5-9,13,15,18H,10-12H2,1-4H3/t13?,15-/m0/s1. The van der Waals surface area contributed by atoms with Crippen LogP contribution in [0.4, 0.5) is 4.79 Å². The van der Waals surface area contributed by atoms with Crippen LogP contribution in [0.5, 0.6) is 0 Å². The first-order valence-corrected chi connectivity index (χ1v) is 7.60. The lowest BCUT2D eigenvalue weighted by Crippen LogP contribution is -2.38. The number of rotatable bonds is 3. The molecule has 1 saturated heterocycles. The summed E-state index contributed by atoms with van der Waals surface area (Å²) in [6.45, 7) is 10.2. The minimum absolute atomic E-state index is 0.210. The van der Waals surface area contributed by atoms with Crippen molar-refractivity contribution in [1.29, 1.82) is 0 Å². The van der Waals surface area contributed by atoms with E-state index in [0.29, 0.717) is 18.5 Å². The van der Waals surface area contributed by atoms with Gasteiger partial charge in [0, 0.05) is 25.7 Å². The highest BCUT2D eigenvalue weighted by Gasteiger charge is 2.34. The summed E-state index contributed by atoms with van der Waals surface area (Å²) >= 11 is 0. The second kappa shape index (κ2) is 6.48. The molecule has 0 aromatic heterocycles. The first-order chi connectivity index (χ1) is 9.85.